The first kappa shape index (κ1) is 22.2. The molecule has 1 aromatic heterocycles. The van der Waals surface area contributed by atoms with Crippen molar-refractivity contribution in [2.24, 2.45) is 5.92 Å². The van der Waals surface area contributed by atoms with Crippen LogP contribution in [0.4, 0.5) is 14.6 Å². The molecule has 0 atom stereocenters. The summed E-state index contributed by atoms with van der Waals surface area (Å²) >= 11 is 6.14. The number of amides is 1. The average molecular weight is 461 g/mol. The Hall–Kier alpha value is -2.50. The number of anilines is 1. The van der Waals surface area contributed by atoms with Crippen LogP contribution in [0.25, 0.3) is 0 Å². The zero-order chi connectivity index (χ0) is 22.1. The number of halogens is 3. The Morgan fingerprint density at radius 1 is 1.27 bits per heavy atom. The van der Waals surface area contributed by atoms with Gasteiger partial charge in [-0.3, -0.25) is 4.79 Å². The highest BCUT2D eigenvalue weighted by Gasteiger charge is 2.24. The SMILES string of the molecule is CN(C)S(=O)(=O)NC(=O)c1cc(F)c(Oc2cnc(NCC3CC3)c(Cl)c2)cc1F. The van der Waals surface area contributed by atoms with E-state index in [1.807, 2.05) is 0 Å². The van der Waals surface area contributed by atoms with Crippen LogP contribution in [0.2, 0.25) is 5.02 Å². The Kier molecular flexibility index (Phi) is 6.44. The largest absolute Gasteiger partial charge is 0.452 e. The predicted molar refractivity (Wildman–Crippen MR) is 107 cm³/mol. The summed E-state index contributed by atoms with van der Waals surface area (Å²) in [5, 5.41) is 3.35. The van der Waals surface area contributed by atoms with Crippen molar-refractivity contribution in [2.75, 3.05) is 26.0 Å². The van der Waals surface area contributed by atoms with Gasteiger partial charge in [0.15, 0.2) is 11.6 Å². The zero-order valence-corrected chi connectivity index (χ0v) is 17.7. The van der Waals surface area contributed by atoms with Crippen LogP contribution >= 0.6 is 11.6 Å². The molecule has 2 aromatic rings. The van der Waals surface area contributed by atoms with Crippen LogP contribution in [0.1, 0.15) is 23.2 Å². The molecule has 0 saturated heterocycles. The van der Waals surface area contributed by atoms with Crippen molar-refractivity contribution in [1.29, 1.82) is 0 Å². The van der Waals surface area contributed by atoms with E-state index in [9.17, 15) is 22.0 Å². The lowest BCUT2D eigenvalue weighted by molar-refractivity contribution is 0.0975. The lowest BCUT2D eigenvalue weighted by Crippen LogP contribution is -2.39. The normalized spacial score (nSPS) is 13.9. The Labute approximate surface area is 177 Å². The monoisotopic (exact) mass is 460 g/mol. The fraction of sp³-hybridized carbons (Fsp3) is 0.333. The van der Waals surface area contributed by atoms with Gasteiger partial charge in [-0.05, 0) is 24.8 Å². The van der Waals surface area contributed by atoms with Crippen LogP contribution in [0.5, 0.6) is 11.5 Å². The van der Waals surface area contributed by atoms with Gasteiger partial charge in [0.1, 0.15) is 17.4 Å². The number of benzene rings is 1. The van der Waals surface area contributed by atoms with Gasteiger partial charge < -0.3 is 10.1 Å². The maximum Gasteiger partial charge on any atom is 0.303 e. The summed E-state index contributed by atoms with van der Waals surface area (Å²) in [6.45, 7) is 0.750. The van der Waals surface area contributed by atoms with E-state index >= 15 is 0 Å². The average Bonchev–Trinajstić information content (AvgIpc) is 3.47. The van der Waals surface area contributed by atoms with Gasteiger partial charge in [0, 0.05) is 32.8 Å². The van der Waals surface area contributed by atoms with E-state index in [-0.39, 0.29) is 10.8 Å². The third-order valence-electron chi connectivity index (χ3n) is 4.27. The van der Waals surface area contributed by atoms with Crippen molar-refractivity contribution in [1.82, 2.24) is 14.0 Å². The molecule has 12 heteroatoms. The van der Waals surface area contributed by atoms with Crippen molar-refractivity contribution in [3.05, 3.63) is 46.6 Å². The standard InChI is InChI=1S/C18H19ClF2N4O4S/c1-25(2)30(27,28)24-18(26)12-6-15(21)16(7-14(12)20)29-11-5-13(19)17(23-9-11)22-8-10-3-4-10/h5-7,9-10H,3-4,8H2,1-2H3,(H,22,23)(H,24,26). The van der Waals surface area contributed by atoms with Crippen LogP contribution < -0.4 is 14.8 Å². The molecule has 1 saturated carbocycles. The summed E-state index contributed by atoms with van der Waals surface area (Å²) < 4.78 is 59.7. The van der Waals surface area contributed by atoms with Gasteiger partial charge >= 0.3 is 10.2 Å². The second kappa shape index (κ2) is 8.70. The van der Waals surface area contributed by atoms with E-state index in [1.165, 1.54) is 26.4 Å². The number of pyridine rings is 1. The summed E-state index contributed by atoms with van der Waals surface area (Å²) in [5.41, 5.74) is -0.791. The number of carbonyl (C=O) groups excluding carboxylic acids is 1. The highest BCUT2D eigenvalue weighted by molar-refractivity contribution is 7.87. The number of ether oxygens (including phenoxy) is 1. The van der Waals surface area contributed by atoms with Crippen LogP contribution in [0.15, 0.2) is 24.4 Å². The summed E-state index contributed by atoms with van der Waals surface area (Å²) in [4.78, 5) is 16.1. The molecule has 1 aromatic carbocycles. The van der Waals surface area contributed by atoms with Gasteiger partial charge in [0.05, 0.1) is 16.8 Å². The summed E-state index contributed by atoms with van der Waals surface area (Å²) in [5.74, 6) is -2.95. The van der Waals surface area contributed by atoms with Gasteiger partial charge in [0.2, 0.25) is 0 Å². The molecule has 1 heterocycles. The molecule has 1 aliphatic carbocycles. The molecule has 1 aliphatic rings. The second-order valence-corrected chi connectivity index (χ2v) is 9.20. The van der Waals surface area contributed by atoms with Crippen molar-refractivity contribution in [3.63, 3.8) is 0 Å². The van der Waals surface area contributed by atoms with E-state index in [0.29, 0.717) is 23.9 Å². The van der Waals surface area contributed by atoms with E-state index < -0.39 is 39.1 Å². The maximum atomic E-state index is 14.4. The number of carbonyl (C=O) groups is 1. The summed E-state index contributed by atoms with van der Waals surface area (Å²) in [7, 11) is -1.81. The zero-order valence-electron chi connectivity index (χ0n) is 16.1. The molecular formula is C18H19ClF2N4O4S. The quantitative estimate of drug-likeness (QED) is 0.627. The van der Waals surface area contributed by atoms with Crippen molar-refractivity contribution in [2.45, 2.75) is 12.8 Å². The lowest BCUT2D eigenvalue weighted by atomic mass is 10.2. The lowest BCUT2D eigenvalue weighted by Gasteiger charge is -2.14. The molecule has 0 radical (unpaired) electrons. The smallest absolute Gasteiger partial charge is 0.303 e. The van der Waals surface area contributed by atoms with Crippen LogP contribution in [-0.2, 0) is 10.2 Å². The molecule has 0 spiro atoms. The number of aromatic nitrogens is 1. The second-order valence-electron chi connectivity index (χ2n) is 6.91. The summed E-state index contributed by atoms with van der Waals surface area (Å²) in [6, 6.07) is 2.58. The van der Waals surface area contributed by atoms with Crippen molar-refractivity contribution >= 4 is 33.5 Å². The Morgan fingerprint density at radius 3 is 2.57 bits per heavy atom. The third kappa shape index (κ3) is 5.35. The molecule has 162 valence electrons. The van der Waals surface area contributed by atoms with Crippen molar-refractivity contribution in [3.8, 4) is 11.5 Å². The number of hydrogen-bond donors (Lipinski definition) is 2. The van der Waals surface area contributed by atoms with Gasteiger partial charge in [-0.2, -0.15) is 12.7 Å². The molecule has 3 rings (SSSR count). The van der Waals surface area contributed by atoms with E-state index in [1.54, 1.807) is 4.72 Å². The molecular weight excluding hydrogens is 442 g/mol. The fourth-order valence-electron chi connectivity index (χ4n) is 2.34. The van der Waals surface area contributed by atoms with E-state index in [0.717, 1.165) is 23.7 Å². The Morgan fingerprint density at radius 2 is 1.97 bits per heavy atom. The van der Waals surface area contributed by atoms with Gasteiger partial charge in [-0.25, -0.2) is 18.5 Å². The minimum atomic E-state index is -4.16. The van der Waals surface area contributed by atoms with Gasteiger partial charge in [0.25, 0.3) is 5.91 Å². The molecule has 1 fully saturated rings. The van der Waals surface area contributed by atoms with Gasteiger partial charge in [-0.15, -0.1) is 0 Å². The first-order valence-electron chi connectivity index (χ1n) is 8.87. The Balaban J connectivity index is 1.75. The minimum absolute atomic E-state index is 0.0580. The molecule has 0 bridgehead atoms. The number of nitrogens with one attached hydrogen (secondary N) is 2. The molecule has 30 heavy (non-hydrogen) atoms. The first-order chi connectivity index (χ1) is 14.1. The van der Waals surface area contributed by atoms with Crippen molar-refractivity contribution < 1.29 is 26.7 Å². The fourth-order valence-corrected chi connectivity index (χ4v) is 3.09. The highest BCUT2D eigenvalue weighted by Crippen LogP contribution is 2.32. The van der Waals surface area contributed by atoms with Crippen LogP contribution in [0.3, 0.4) is 0 Å². The topological polar surface area (TPSA) is 101 Å². The predicted octanol–water partition coefficient (Wildman–Crippen LogP) is 3.16. The van der Waals surface area contributed by atoms with Crippen LogP contribution in [-0.4, -0.2) is 44.3 Å². The number of nitrogens with zero attached hydrogens (tertiary/aromatic N) is 2. The molecule has 0 unspecified atom stereocenters. The first-order valence-corrected chi connectivity index (χ1v) is 10.7. The molecule has 1 amide bonds. The van der Waals surface area contributed by atoms with E-state index in [2.05, 4.69) is 10.3 Å². The maximum absolute atomic E-state index is 14.4. The third-order valence-corrected chi connectivity index (χ3v) is 5.96. The molecule has 0 aliphatic heterocycles. The Bertz CT molecular complexity index is 1080. The number of hydrogen-bond acceptors (Lipinski definition) is 6. The van der Waals surface area contributed by atoms with Crippen LogP contribution in [0, 0.1) is 17.6 Å². The molecule has 8 nitrogen and oxygen atoms in total. The number of rotatable bonds is 8. The molecule has 2 N–H and O–H groups in total. The highest BCUT2D eigenvalue weighted by atomic mass is 35.5. The summed E-state index contributed by atoms with van der Waals surface area (Å²) in [6.07, 6.45) is 3.61. The minimum Gasteiger partial charge on any atom is -0.452 e. The van der Waals surface area contributed by atoms with E-state index in [4.69, 9.17) is 16.3 Å². The van der Waals surface area contributed by atoms with Gasteiger partial charge in [-0.1, -0.05) is 11.6 Å².